The lowest BCUT2D eigenvalue weighted by Gasteiger charge is -2.18. The quantitative estimate of drug-likeness (QED) is 0.872. The fourth-order valence-electron chi connectivity index (χ4n) is 2.77. The first-order valence-electron chi connectivity index (χ1n) is 7.98. The minimum absolute atomic E-state index is 0.148. The van der Waals surface area contributed by atoms with Gasteiger partial charge in [0.2, 0.25) is 10.0 Å². The minimum atomic E-state index is -3.43. The highest BCUT2D eigenvalue weighted by Crippen LogP contribution is 2.25. The van der Waals surface area contributed by atoms with Gasteiger partial charge in [-0.1, -0.05) is 24.3 Å². The maximum atomic E-state index is 12.9. The van der Waals surface area contributed by atoms with Gasteiger partial charge in [-0.15, -0.1) is 0 Å². The summed E-state index contributed by atoms with van der Waals surface area (Å²) in [5.74, 6) is 0.410. The second-order valence-electron chi connectivity index (χ2n) is 5.92. The number of hydrogen-bond donors (Lipinski definition) is 1. The summed E-state index contributed by atoms with van der Waals surface area (Å²) < 4.78 is 45.2. The monoisotopic (exact) mass is 349 g/mol. The molecule has 1 heterocycles. The van der Waals surface area contributed by atoms with Gasteiger partial charge in [0, 0.05) is 6.54 Å². The first-order valence-corrected chi connectivity index (χ1v) is 9.63. The smallest absolute Gasteiger partial charge is 0.215 e. The van der Waals surface area contributed by atoms with E-state index in [0.29, 0.717) is 18.5 Å². The van der Waals surface area contributed by atoms with Crippen molar-refractivity contribution in [2.45, 2.75) is 25.0 Å². The standard InChI is InChI=1S/C18H20FNO3S/c19-17-6-3-15(4-7-17)13-24(21,22)20-10-9-14-5-8-18-16(12-14)2-1-11-23-18/h3-8,12,20H,1-2,9-11,13H2. The zero-order valence-electron chi connectivity index (χ0n) is 13.3. The summed E-state index contributed by atoms with van der Waals surface area (Å²) >= 11 is 0. The van der Waals surface area contributed by atoms with Crippen LogP contribution in [0.15, 0.2) is 42.5 Å². The molecule has 6 heteroatoms. The Morgan fingerprint density at radius 3 is 2.62 bits per heavy atom. The van der Waals surface area contributed by atoms with E-state index in [1.807, 2.05) is 12.1 Å². The predicted molar refractivity (Wildman–Crippen MR) is 91.0 cm³/mol. The Bertz CT molecular complexity index is 804. The molecule has 0 amide bonds. The molecule has 128 valence electrons. The van der Waals surface area contributed by atoms with Crippen LogP contribution in [0.5, 0.6) is 5.75 Å². The van der Waals surface area contributed by atoms with Gasteiger partial charge >= 0.3 is 0 Å². The van der Waals surface area contributed by atoms with Crippen molar-refractivity contribution in [2.24, 2.45) is 0 Å². The summed E-state index contributed by atoms with van der Waals surface area (Å²) in [5.41, 5.74) is 2.84. The number of rotatable bonds is 6. The van der Waals surface area contributed by atoms with Gasteiger partial charge < -0.3 is 4.74 Å². The highest BCUT2D eigenvalue weighted by atomic mass is 32.2. The van der Waals surface area contributed by atoms with Crippen LogP contribution in [0.2, 0.25) is 0 Å². The maximum absolute atomic E-state index is 12.9. The number of ether oxygens (including phenoxy) is 1. The molecule has 1 aliphatic heterocycles. The van der Waals surface area contributed by atoms with Gasteiger partial charge in [-0.25, -0.2) is 17.5 Å². The number of nitrogens with one attached hydrogen (secondary N) is 1. The van der Waals surface area contributed by atoms with E-state index in [2.05, 4.69) is 10.8 Å². The van der Waals surface area contributed by atoms with Gasteiger partial charge in [0.05, 0.1) is 12.4 Å². The second kappa shape index (κ2) is 7.32. The van der Waals surface area contributed by atoms with Crippen LogP contribution in [0, 0.1) is 5.82 Å². The molecule has 0 aliphatic carbocycles. The van der Waals surface area contributed by atoms with Crippen molar-refractivity contribution in [3.8, 4) is 5.75 Å². The van der Waals surface area contributed by atoms with Crippen molar-refractivity contribution >= 4 is 10.0 Å². The van der Waals surface area contributed by atoms with Crippen molar-refractivity contribution in [2.75, 3.05) is 13.2 Å². The Hall–Kier alpha value is -1.92. The molecule has 0 saturated carbocycles. The maximum Gasteiger partial charge on any atom is 0.215 e. The highest BCUT2D eigenvalue weighted by molar-refractivity contribution is 7.88. The van der Waals surface area contributed by atoms with E-state index < -0.39 is 10.0 Å². The Kier molecular flexibility index (Phi) is 5.16. The van der Waals surface area contributed by atoms with E-state index in [0.717, 1.165) is 30.8 Å². The normalized spacial score (nSPS) is 14.0. The van der Waals surface area contributed by atoms with E-state index >= 15 is 0 Å². The highest BCUT2D eigenvalue weighted by Gasteiger charge is 2.13. The lowest BCUT2D eigenvalue weighted by atomic mass is 10.0. The summed E-state index contributed by atoms with van der Waals surface area (Å²) in [5, 5.41) is 0. The van der Waals surface area contributed by atoms with Crippen LogP contribution in [-0.2, 0) is 28.6 Å². The lowest BCUT2D eigenvalue weighted by molar-refractivity contribution is 0.288. The third kappa shape index (κ3) is 4.55. The van der Waals surface area contributed by atoms with E-state index in [1.54, 1.807) is 0 Å². The lowest BCUT2D eigenvalue weighted by Crippen LogP contribution is -2.27. The average molecular weight is 349 g/mol. The minimum Gasteiger partial charge on any atom is -0.493 e. The van der Waals surface area contributed by atoms with Crippen molar-refractivity contribution < 1.29 is 17.5 Å². The molecule has 2 aromatic rings. The number of halogens is 1. The van der Waals surface area contributed by atoms with Gasteiger partial charge in [-0.05, 0) is 54.2 Å². The second-order valence-corrected chi connectivity index (χ2v) is 7.73. The Balaban J connectivity index is 1.54. The molecule has 24 heavy (non-hydrogen) atoms. The number of fused-ring (bicyclic) bond motifs is 1. The molecule has 4 nitrogen and oxygen atoms in total. The summed E-state index contributed by atoms with van der Waals surface area (Å²) in [6.07, 6.45) is 2.64. The fourth-order valence-corrected chi connectivity index (χ4v) is 3.92. The topological polar surface area (TPSA) is 55.4 Å². The average Bonchev–Trinajstić information content (AvgIpc) is 2.56. The Morgan fingerprint density at radius 1 is 1.08 bits per heavy atom. The van der Waals surface area contributed by atoms with Crippen molar-refractivity contribution in [1.82, 2.24) is 4.72 Å². The molecule has 0 aromatic heterocycles. The molecular formula is C18H20FNO3S. The zero-order valence-corrected chi connectivity index (χ0v) is 14.1. The van der Waals surface area contributed by atoms with Crippen molar-refractivity contribution in [3.05, 3.63) is 65.0 Å². The van der Waals surface area contributed by atoms with E-state index in [9.17, 15) is 12.8 Å². The number of hydrogen-bond acceptors (Lipinski definition) is 3. The SMILES string of the molecule is O=S(=O)(Cc1ccc(F)cc1)NCCc1ccc2c(c1)CCCO2. The van der Waals surface area contributed by atoms with Crippen LogP contribution in [0.1, 0.15) is 23.1 Å². The van der Waals surface area contributed by atoms with Crippen LogP contribution in [0.3, 0.4) is 0 Å². The molecule has 1 N–H and O–H groups in total. The van der Waals surface area contributed by atoms with Crippen LogP contribution in [0.4, 0.5) is 4.39 Å². The number of aryl methyl sites for hydroxylation is 1. The molecule has 0 radical (unpaired) electrons. The summed E-state index contributed by atoms with van der Waals surface area (Å²) in [7, 11) is -3.43. The fraction of sp³-hybridized carbons (Fsp3) is 0.333. The molecule has 1 aliphatic rings. The van der Waals surface area contributed by atoms with Gasteiger partial charge in [0.1, 0.15) is 11.6 Å². The van der Waals surface area contributed by atoms with Crippen LogP contribution >= 0.6 is 0 Å². The van der Waals surface area contributed by atoms with Gasteiger partial charge in [0.15, 0.2) is 0 Å². The third-order valence-electron chi connectivity index (χ3n) is 3.98. The molecule has 0 unspecified atom stereocenters. The molecule has 3 rings (SSSR count). The summed E-state index contributed by atoms with van der Waals surface area (Å²) in [6, 6.07) is 11.5. The largest absolute Gasteiger partial charge is 0.493 e. The zero-order chi connectivity index (χ0) is 17.0. The van der Waals surface area contributed by atoms with Gasteiger partial charge in [0.25, 0.3) is 0 Å². The summed E-state index contributed by atoms with van der Waals surface area (Å²) in [6.45, 7) is 1.10. The van der Waals surface area contributed by atoms with E-state index in [4.69, 9.17) is 4.74 Å². The molecule has 2 aromatic carbocycles. The van der Waals surface area contributed by atoms with Crippen LogP contribution in [0.25, 0.3) is 0 Å². The van der Waals surface area contributed by atoms with Crippen LogP contribution < -0.4 is 9.46 Å². The van der Waals surface area contributed by atoms with Crippen molar-refractivity contribution in [1.29, 1.82) is 0 Å². The molecule has 0 spiro atoms. The molecule has 0 saturated heterocycles. The Labute approximate surface area is 141 Å². The van der Waals surface area contributed by atoms with Gasteiger partial charge in [-0.3, -0.25) is 0 Å². The first kappa shape index (κ1) is 16.9. The van der Waals surface area contributed by atoms with E-state index in [-0.39, 0.29) is 11.6 Å². The number of sulfonamides is 1. The summed E-state index contributed by atoms with van der Waals surface area (Å²) in [4.78, 5) is 0. The molecule has 0 atom stereocenters. The third-order valence-corrected chi connectivity index (χ3v) is 5.34. The predicted octanol–water partition coefficient (Wildman–Crippen LogP) is 2.81. The first-order chi connectivity index (χ1) is 11.5. The molecule has 0 bridgehead atoms. The van der Waals surface area contributed by atoms with Gasteiger partial charge in [-0.2, -0.15) is 0 Å². The van der Waals surface area contributed by atoms with Crippen LogP contribution in [-0.4, -0.2) is 21.6 Å². The Morgan fingerprint density at radius 2 is 1.83 bits per heavy atom. The number of benzene rings is 2. The molecule has 0 fully saturated rings. The molecular weight excluding hydrogens is 329 g/mol. The van der Waals surface area contributed by atoms with Crippen molar-refractivity contribution in [3.63, 3.8) is 0 Å². The van der Waals surface area contributed by atoms with E-state index in [1.165, 1.54) is 29.8 Å².